The molecule has 0 saturated carbocycles. The van der Waals surface area contributed by atoms with Crippen LogP contribution < -0.4 is 4.74 Å². The SMILES string of the molecule is CCOc1cccc(/C=C2/SC(=Nc3ccc(C(=O)OC)cc3)N(C)C2=O)c1O. The molecular formula is C21H20N2O5S. The summed E-state index contributed by atoms with van der Waals surface area (Å²) in [5.41, 5.74) is 1.51. The number of phenols is 1. The minimum atomic E-state index is -0.425. The second-order valence-corrected chi connectivity index (χ2v) is 7.04. The van der Waals surface area contributed by atoms with Gasteiger partial charge in [-0.05, 0) is 55.1 Å². The zero-order valence-electron chi connectivity index (χ0n) is 16.2. The van der Waals surface area contributed by atoms with E-state index in [-0.39, 0.29) is 11.7 Å². The maximum atomic E-state index is 12.6. The number of methoxy groups -OCH3 is 1. The molecule has 3 rings (SSSR count). The van der Waals surface area contributed by atoms with Crippen LogP contribution in [0, 0.1) is 0 Å². The number of likely N-dealkylation sites (N-methyl/N-ethyl adjacent to an activating group) is 1. The molecule has 8 heteroatoms. The lowest BCUT2D eigenvalue weighted by Crippen LogP contribution is -2.23. The standard InChI is InChI=1S/C21H20N2O5S/c1-4-28-16-7-5-6-14(18(16)24)12-17-19(25)23(2)21(29-17)22-15-10-8-13(9-11-15)20(26)27-3/h5-12,24H,4H2,1-3H3/b17-12+,22-21?. The molecule has 1 fully saturated rings. The first-order valence-electron chi connectivity index (χ1n) is 8.84. The van der Waals surface area contributed by atoms with Crippen LogP contribution in [-0.2, 0) is 9.53 Å². The molecule has 1 aliphatic rings. The first-order chi connectivity index (χ1) is 13.9. The largest absolute Gasteiger partial charge is 0.504 e. The summed E-state index contributed by atoms with van der Waals surface area (Å²) >= 11 is 1.20. The Labute approximate surface area is 172 Å². The van der Waals surface area contributed by atoms with Crippen molar-refractivity contribution in [3.05, 3.63) is 58.5 Å². The first-order valence-corrected chi connectivity index (χ1v) is 9.65. The summed E-state index contributed by atoms with van der Waals surface area (Å²) in [6.45, 7) is 2.26. The van der Waals surface area contributed by atoms with Gasteiger partial charge in [-0.1, -0.05) is 12.1 Å². The van der Waals surface area contributed by atoms with Crippen LogP contribution in [0.1, 0.15) is 22.8 Å². The third-order valence-electron chi connectivity index (χ3n) is 4.13. The quantitative estimate of drug-likeness (QED) is 0.593. The molecule has 1 saturated heterocycles. The summed E-state index contributed by atoms with van der Waals surface area (Å²) in [6.07, 6.45) is 1.62. The van der Waals surface area contributed by atoms with Crippen LogP contribution in [0.4, 0.5) is 5.69 Å². The Hall–Kier alpha value is -3.26. The monoisotopic (exact) mass is 412 g/mol. The van der Waals surface area contributed by atoms with Crippen LogP contribution in [0.2, 0.25) is 0 Å². The van der Waals surface area contributed by atoms with Gasteiger partial charge in [0.15, 0.2) is 16.7 Å². The van der Waals surface area contributed by atoms with Crippen molar-refractivity contribution in [2.24, 2.45) is 4.99 Å². The minimum absolute atomic E-state index is 0.0123. The first kappa shape index (κ1) is 20.5. The maximum absolute atomic E-state index is 12.6. The van der Waals surface area contributed by atoms with Crippen molar-refractivity contribution in [2.75, 3.05) is 20.8 Å². The Balaban J connectivity index is 1.86. The van der Waals surface area contributed by atoms with E-state index in [1.807, 2.05) is 6.92 Å². The van der Waals surface area contributed by atoms with E-state index in [0.29, 0.717) is 39.2 Å². The van der Waals surface area contributed by atoms with Gasteiger partial charge in [0.2, 0.25) is 0 Å². The summed E-state index contributed by atoms with van der Waals surface area (Å²) in [5, 5.41) is 10.8. The highest BCUT2D eigenvalue weighted by atomic mass is 32.2. The third-order valence-corrected chi connectivity index (χ3v) is 5.19. The average Bonchev–Trinajstić information content (AvgIpc) is 2.99. The molecule has 2 aromatic carbocycles. The van der Waals surface area contributed by atoms with Crippen molar-refractivity contribution < 1.29 is 24.2 Å². The molecule has 0 unspecified atom stereocenters. The number of phenolic OH excluding ortho intramolecular Hbond substituents is 1. The van der Waals surface area contributed by atoms with Crippen LogP contribution in [0.3, 0.4) is 0 Å². The number of aromatic hydroxyl groups is 1. The molecule has 1 heterocycles. The molecule has 0 spiro atoms. The van der Waals surface area contributed by atoms with Crippen LogP contribution >= 0.6 is 11.8 Å². The van der Waals surface area contributed by atoms with Gasteiger partial charge in [0.05, 0.1) is 29.9 Å². The van der Waals surface area contributed by atoms with E-state index in [9.17, 15) is 14.7 Å². The van der Waals surface area contributed by atoms with Gasteiger partial charge in [0, 0.05) is 12.6 Å². The van der Waals surface area contributed by atoms with E-state index < -0.39 is 5.97 Å². The van der Waals surface area contributed by atoms with E-state index in [1.54, 1.807) is 55.6 Å². The van der Waals surface area contributed by atoms with Crippen LogP contribution in [0.25, 0.3) is 6.08 Å². The molecule has 1 aliphatic heterocycles. The van der Waals surface area contributed by atoms with Crippen molar-refractivity contribution in [3.63, 3.8) is 0 Å². The van der Waals surface area contributed by atoms with Crippen molar-refractivity contribution in [1.82, 2.24) is 4.90 Å². The van der Waals surface area contributed by atoms with Crippen molar-refractivity contribution in [2.45, 2.75) is 6.92 Å². The Morgan fingerprint density at radius 3 is 2.62 bits per heavy atom. The fourth-order valence-electron chi connectivity index (χ4n) is 2.62. The van der Waals surface area contributed by atoms with Gasteiger partial charge < -0.3 is 14.6 Å². The predicted octanol–water partition coefficient (Wildman–Crippen LogP) is 3.81. The predicted molar refractivity (Wildman–Crippen MR) is 112 cm³/mol. The van der Waals surface area contributed by atoms with Gasteiger partial charge in [-0.2, -0.15) is 0 Å². The Bertz CT molecular complexity index is 999. The second kappa shape index (κ2) is 8.83. The smallest absolute Gasteiger partial charge is 0.337 e. The highest BCUT2D eigenvalue weighted by Gasteiger charge is 2.30. The number of amides is 1. The zero-order valence-corrected chi connectivity index (χ0v) is 17.0. The topological polar surface area (TPSA) is 88.4 Å². The number of ether oxygens (including phenoxy) is 2. The van der Waals surface area contributed by atoms with Crippen molar-refractivity contribution >= 4 is 40.6 Å². The molecule has 0 atom stereocenters. The van der Waals surface area contributed by atoms with Gasteiger partial charge in [-0.15, -0.1) is 0 Å². The lowest BCUT2D eigenvalue weighted by molar-refractivity contribution is -0.121. The van der Waals surface area contributed by atoms with Gasteiger partial charge in [0.1, 0.15) is 0 Å². The summed E-state index contributed by atoms with van der Waals surface area (Å²) < 4.78 is 10.1. The normalized spacial score (nSPS) is 16.5. The van der Waals surface area contributed by atoms with Crippen LogP contribution in [-0.4, -0.2) is 47.8 Å². The lowest BCUT2D eigenvalue weighted by Gasteiger charge is -2.08. The highest BCUT2D eigenvalue weighted by molar-refractivity contribution is 8.18. The van der Waals surface area contributed by atoms with E-state index in [2.05, 4.69) is 9.73 Å². The maximum Gasteiger partial charge on any atom is 0.337 e. The van der Waals surface area contributed by atoms with Crippen molar-refractivity contribution in [1.29, 1.82) is 0 Å². The summed E-state index contributed by atoms with van der Waals surface area (Å²) in [7, 11) is 2.95. The van der Waals surface area contributed by atoms with E-state index in [4.69, 9.17) is 4.74 Å². The molecule has 29 heavy (non-hydrogen) atoms. The fourth-order valence-corrected chi connectivity index (χ4v) is 3.60. The molecule has 0 aliphatic carbocycles. The number of benzene rings is 2. The van der Waals surface area contributed by atoms with Gasteiger partial charge in [-0.25, -0.2) is 9.79 Å². The molecule has 0 radical (unpaired) electrons. The number of hydrogen-bond acceptors (Lipinski definition) is 7. The molecule has 1 N–H and O–H groups in total. The van der Waals surface area contributed by atoms with E-state index in [0.717, 1.165) is 0 Å². The van der Waals surface area contributed by atoms with Gasteiger partial charge >= 0.3 is 5.97 Å². The molecule has 1 amide bonds. The number of aliphatic imine (C=N–C) groups is 1. The molecule has 0 bridgehead atoms. The fraction of sp³-hybridized carbons (Fsp3) is 0.190. The average molecular weight is 412 g/mol. The number of nitrogens with zero attached hydrogens (tertiary/aromatic N) is 2. The number of para-hydroxylation sites is 1. The van der Waals surface area contributed by atoms with Crippen LogP contribution in [0.5, 0.6) is 11.5 Å². The summed E-state index contributed by atoms with van der Waals surface area (Å²) in [4.78, 5) is 30.5. The van der Waals surface area contributed by atoms with Gasteiger partial charge in [0.25, 0.3) is 5.91 Å². The van der Waals surface area contributed by atoms with Crippen molar-refractivity contribution in [3.8, 4) is 11.5 Å². The number of esters is 1. The second-order valence-electron chi connectivity index (χ2n) is 6.03. The van der Waals surface area contributed by atoms with E-state index >= 15 is 0 Å². The molecular weight excluding hydrogens is 392 g/mol. The zero-order chi connectivity index (χ0) is 21.0. The van der Waals surface area contributed by atoms with E-state index in [1.165, 1.54) is 23.8 Å². The summed E-state index contributed by atoms with van der Waals surface area (Å²) in [6, 6.07) is 11.7. The Kier molecular flexibility index (Phi) is 6.23. The van der Waals surface area contributed by atoms with Gasteiger partial charge in [-0.3, -0.25) is 9.69 Å². The Morgan fingerprint density at radius 1 is 1.24 bits per heavy atom. The molecule has 0 aromatic heterocycles. The number of hydrogen-bond donors (Lipinski definition) is 1. The van der Waals surface area contributed by atoms with Crippen LogP contribution in [0.15, 0.2) is 52.4 Å². The lowest BCUT2D eigenvalue weighted by atomic mass is 10.1. The third kappa shape index (κ3) is 4.43. The molecule has 7 nitrogen and oxygen atoms in total. The number of rotatable bonds is 5. The molecule has 150 valence electrons. The number of carbonyl (C=O) groups is 2. The number of amidine groups is 1. The summed E-state index contributed by atoms with van der Waals surface area (Å²) in [5.74, 6) is -0.292. The Morgan fingerprint density at radius 2 is 1.97 bits per heavy atom. The highest BCUT2D eigenvalue weighted by Crippen LogP contribution is 2.37. The number of thioether (sulfide) groups is 1. The number of carbonyl (C=O) groups excluding carboxylic acids is 2. The molecule has 2 aromatic rings. The minimum Gasteiger partial charge on any atom is -0.504 e.